The molecule has 1 aromatic heterocycles. The summed E-state index contributed by atoms with van der Waals surface area (Å²) in [6, 6.07) is 14.6. The van der Waals surface area contributed by atoms with Crippen LogP contribution in [0.1, 0.15) is 52.7 Å². The van der Waals surface area contributed by atoms with Gasteiger partial charge in [-0.2, -0.15) is 5.10 Å². The Morgan fingerprint density at radius 1 is 0.815 bits per heavy atom. The van der Waals surface area contributed by atoms with E-state index in [0.29, 0.717) is 5.75 Å². The van der Waals surface area contributed by atoms with Crippen LogP contribution in [-0.2, 0) is 17.9 Å². The molecule has 0 aliphatic carbocycles. The lowest BCUT2D eigenvalue weighted by Crippen LogP contribution is -2.17. The van der Waals surface area contributed by atoms with E-state index in [1.807, 2.05) is 30.1 Å². The highest BCUT2D eigenvalue weighted by Crippen LogP contribution is 2.43. The molecule has 0 fully saturated rings. The molecule has 3 nitrogen and oxygen atoms in total. The first-order chi connectivity index (χ1) is 12.5. The van der Waals surface area contributed by atoms with Gasteiger partial charge in [0.2, 0.25) is 0 Å². The van der Waals surface area contributed by atoms with Gasteiger partial charge in [0.1, 0.15) is 5.75 Å². The van der Waals surface area contributed by atoms with Crippen molar-refractivity contribution in [2.45, 2.75) is 52.4 Å². The molecule has 0 saturated heterocycles. The molecule has 1 N–H and O–H groups in total. The molecule has 3 rings (SSSR count). The number of aromatic nitrogens is 2. The fraction of sp³-hybridized carbons (Fsp3) is 0.375. The van der Waals surface area contributed by atoms with E-state index in [1.165, 1.54) is 0 Å². The maximum absolute atomic E-state index is 11.0. The molecule has 3 aromatic rings. The van der Waals surface area contributed by atoms with Crippen molar-refractivity contribution in [3.05, 3.63) is 59.8 Å². The second-order valence-corrected chi connectivity index (χ2v) is 9.34. The molecule has 3 heteroatoms. The van der Waals surface area contributed by atoms with Crippen molar-refractivity contribution in [2.75, 3.05) is 0 Å². The van der Waals surface area contributed by atoms with Crippen molar-refractivity contribution in [3.63, 3.8) is 0 Å². The number of aromatic hydroxyl groups is 1. The highest BCUT2D eigenvalue weighted by atomic mass is 16.3. The minimum Gasteiger partial charge on any atom is -0.507 e. The Kier molecular flexibility index (Phi) is 4.67. The lowest BCUT2D eigenvalue weighted by Gasteiger charge is -2.28. The van der Waals surface area contributed by atoms with Crippen molar-refractivity contribution < 1.29 is 5.11 Å². The van der Waals surface area contributed by atoms with Gasteiger partial charge in [0.05, 0.1) is 5.69 Å². The van der Waals surface area contributed by atoms with Gasteiger partial charge in [-0.3, -0.25) is 4.68 Å². The number of phenolic OH excluding ortho intramolecular Hbond substituents is 1. The Balaban J connectivity index is 2.30. The first kappa shape index (κ1) is 19.2. The molecule has 0 unspecified atom stereocenters. The van der Waals surface area contributed by atoms with Gasteiger partial charge in [-0.1, -0.05) is 65.8 Å². The Morgan fingerprint density at radius 2 is 1.33 bits per heavy atom. The quantitative estimate of drug-likeness (QED) is 0.602. The van der Waals surface area contributed by atoms with Gasteiger partial charge in [0, 0.05) is 29.9 Å². The Morgan fingerprint density at radius 3 is 1.78 bits per heavy atom. The van der Waals surface area contributed by atoms with Crippen LogP contribution in [0.25, 0.3) is 22.4 Å². The summed E-state index contributed by atoms with van der Waals surface area (Å²) >= 11 is 0. The van der Waals surface area contributed by atoms with Crippen LogP contribution < -0.4 is 0 Å². The Bertz CT molecular complexity index is 934. The maximum Gasteiger partial charge on any atom is 0.123 e. The van der Waals surface area contributed by atoms with Gasteiger partial charge in [-0.15, -0.1) is 0 Å². The van der Waals surface area contributed by atoms with Crippen LogP contribution in [-0.4, -0.2) is 14.9 Å². The Hall–Kier alpha value is -2.55. The largest absolute Gasteiger partial charge is 0.507 e. The van der Waals surface area contributed by atoms with Gasteiger partial charge >= 0.3 is 0 Å². The van der Waals surface area contributed by atoms with Crippen LogP contribution in [0, 0.1) is 0 Å². The van der Waals surface area contributed by atoms with E-state index < -0.39 is 0 Å². The summed E-state index contributed by atoms with van der Waals surface area (Å²) in [6.07, 6.45) is 1.96. The summed E-state index contributed by atoms with van der Waals surface area (Å²) in [7, 11) is 1.93. The number of nitrogens with zero attached hydrogens (tertiary/aromatic N) is 2. The topological polar surface area (TPSA) is 38.0 Å². The molecular formula is C24H30N2O. The van der Waals surface area contributed by atoms with Crippen LogP contribution in [0.2, 0.25) is 0 Å². The van der Waals surface area contributed by atoms with Crippen molar-refractivity contribution in [3.8, 4) is 28.1 Å². The second kappa shape index (κ2) is 6.56. The van der Waals surface area contributed by atoms with Crippen LogP contribution in [0.4, 0.5) is 0 Å². The zero-order valence-corrected chi connectivity index (χ0v) is 17.5. The number of aryl methyl sites for hydroxylation is 1. The van der Waals surface area contributed by atoms with E-state index in [0.717, 1.165) is 33.5 Å². The van der Waals surface area contributed by atoms with Crippen LogP contribution in [0.5, 0.6) is 5.75 Å². The average Bonchev–Trinajstić information content (AvgIpc) is 2.99. The first-order valence-electron chi connectivity index (χ1n) is 9.46. The average molecular weight is 363 g/mol. The lowest BCUT2D eigenvalue weighted by atomic mass is 9.77. The third kappa shape index (κ3) is 3.78. The number of hydrogen-bond donors (Lipinski definition) is 1. The molecular weight excluding hydrogens is 332 g/mol. The second-order valence-electron chi connectivity index (χ2n) is 9.34. The van der Waals surface area contributed by atoms with Crippen molar-refractivity contribution in [1.82, 2.24) is 9.78 Å². The number of benzene rings is 2. The van der Waals surface area contributed by atoms with Crippen LogP contribution >= 0.6 is 0 Å². The number of phenols is 1. The van der Waals surface area contributed by atoms with Crippen LogP contribution in [0.15, 0.2) is 48.7 Å². The van der Waals surface area contributed by atoms with Crippen molar-refractivity contribution in [2.24, 2.45) is 7.05 Å². The SMILES string of the molecule is Cn1ccc(-c2ccccc2-c2cc(C(C)(C)C)c(O)c(C(C)(C)C)c2)n1. The summed E-state index contributed by atoms with van der Waals surface area (Å²) in [5.74, 6) is 0.411. The zero-order valence-electron chi connectivity index (χ0n) is 17.5. The molecule has 0 atom stereocenters. The van der Waals surface area contributed by atoms with E-state index in [9.17, 15) is 5.11 Å². The summed E-state index contributed by atoms with van der Waals surface area (Å²) in [4.78, 5) is 0. The molecule has 0 aliphatic heterocycles. The molecule has 0 spiro atoms. The molecule has 142 valence electrons. The molecule has 0 saturated carbocycles. The fourth-order valence-corrected chi connectivity index (χ4v) is 3.45. The molecule has 2 aromatic carbocycles. The van der Waals surface area contributed by atoms with E-state index in [2.05, 4.69) is 77.0 Å². The molecule has 27 heavy (non-hydrogen) atoms. The first-order valence-corrected chi connectivity index (χ1v) is 9.46. The van der Waals surface area contributed by atoms with Gasteiger partial charge in [-0.25, -0.2) is 0 Å². The van der Waals surface area contributed by atoms with E-state index in [4.69, 9.17) is 0 Å². The van der Waals surface area contributed by atoms with Gasteiger partial charge < -0.3 is 5.11 Å². The van der Waals surface area contributed by atoms with E-state index >= 15 is 0 Å². The highest BCUT2D eigenvalue weighted by molar-refractivity contribution is 5.83. The summed E-state index contributed by atoms with van der Waals surface area (Å²) in [5, 5.41) is 15.6. The summed E-state index contributed by atoms with van der Waals surface area (Å²) in [5.41, 5.74) is 5.94. The fourth-order valence-electron chi connectivity index (χ4n) is 3.45. The smallest absolute Gasteiger partial charge is 0.123 e. The standard InChI is InChI=1S/C24H30N2O/c1-23(2,3)19-14-16(15-20(22(19)27)24(4,5)6)17-10-8-9-11-18(17)21-12-13-26(7)25-21/h8-15,27H,1-7H3. The van der Waals surface area contributed by atoms with Crippen molar-refractivity contribution >= 4 is 0 Å². The summed E-state index contributed by atoms with van der Waals surface area (Å²) in [6.45, 7) is 12.9. The highest BCUT2D eigenvalue weighted by Gasteiger charge is 2.27. The molecule has 1 heterocycles. The molecule has 0 bridgehead atoms. The monoisotopic (exact) mass is 362 g/mol. The lowest BCUT2D eigenvalue weighted by molar-refractivity contribution is 0.423. The molecule has 0 radical (unpaired) electrons. The zero-order chi connectivity index (χ0) is 20.0. The van der Waals surface area contributed by atoms with E-state index in [-0.39, 0.29) is 10.8 Å². The molecule has 0 amide bonds. The third-order valence-electron chi connectivity index (χ3n) is 4.95. The van der Waals surface area contributed by atoms with E-state index in [1.54, 1.807) is 0 Å². The number of rotatable bonds is 2. The normalized spacial score (nSPS) is 12.4. The maximum atomic E-state index is 11.0. The number of hydrogen-bond acceptors (Lipinski definition) is 2. The predicted molar refractivity (Wildman–Crippen MR) is 113 cm³/mol. The van der Waals surface area contributed by atoms with Gasteiger partial charge in [0.25, 0.3) is 0 Å². The van der Waals surface area contributed by atoms with Crippen molar-refractivity contribution in [1.29, 1.82) is 0 Å². The van der Waals surface area contributed by atoms with Gasteiger partial charge in [-0.05, 0) is 40.2 Å². The third-order valence-corrected chi connectivity index (χ3v) is 4.95. The predicted octanol–water partition coefficient (Wildman–Crippen LogP) is 6.05. The summed E-state index contributed by atoms with van der Waals surface area (Å²) < 4.78 is 1.82. The Labute approximate surface area is 162 Å². The van der Waals surface area contributed by atoms with Crippen LogP contribution in [0.3, 0.4) is 0 Å². The molecule has 0 aliphatic rings. The minimum absolute atomic E-state index is 0.153. The minimum atomic E-state index is -0.153. The van der Waals surface area contributed by atoms with Gasteiger partial charge in [0.15, 0.2) is 0 Å².